The number of nitrogens with zero attached hydrogens (tertiary/aromatic N) is 1. The van der Waals surface area contributed by atoms with E-state index in [2.05, 4.69) is 164 Å². The maximum absolute atomic E-state index is 6.82. The molecular formula is C48H34N2. The Morgan fingerprint density at radius 2 is 1.04 bits per heavy atom. The predicted octanol–water partition coefficient (Wildman–Crippen LogP) is 12.3. The normalized spacial score (nSPS) is 12.9. The van der Waals surface area contributed by atoms with Crippen molar-refractivity contribution in [1.29, 1.82) is 0 Å². The van der Waals surface area contributed by atoms with Gasteiger partial charge in [-0.2, -0.15) is 0 Å². The molecule has 0 amide bonds. The van der Waals surface area contributed by atoms with E-state index in [1.54, 1.807) is 0 Å². The molecule has 9 rings (SSSR count). The van der Waals surface area contributed by atoms with Crippen molar-refractivity contribution in [3.8, 4) is 11.1 Å². The van der Waals surface area contributed by atoms with Gasteiger partial charge in [0.15, 0.2) is 0 Å². The van der Waals surface area contributed by atoms with Gasteiger partial charge in [0.25, 0.3) is 0 Å². The van der Waals surface area contributed by atoms with E-state index in [1.165, 1.54) is 59.6 Å². The fourth-order valence-electron chi connectivity index (χ4n) is 7.42. The second kappa shape index (κ2) is 12.6. The molecule has 9 aromatic rings. The van der Waals surface area contributed by atoms with Crippen LogP contribution >= 0.6 is 0 Å². The lowest BCUT2D eigenvalue weighted by atomic mass is 9.89. The van der Waals surface area contributed by atoms with Gasteiger partial charge in [-0.25, -0.2) is 0 Å². The fraction of sp³-hybridized carbons (Fsp3) is 0.0208. The average Bonchev–Trinajstić information content (AvgIpc) is 3.19. The zero-order valence-electron chi connectivity index (χ0n) is 27.5. The van der Waals surface area contributed by atoms with Crippen LogP contribution in [0.1, 0.15) is 22.7 Å². The first-order valence-corrected chi connectivity index (χ1v) is 17.1. The van der Waals surface area contributed by atoms with Gasteiger partial charge in [-0.05, 0) is 94.3 Å². The summed E-state index contributed by atoms with van der Waals surface area (Å²) >= 11 is 0. The van der Waals surface area contributed by atoms with Crippen molar-refractivity contribution in [2.24, 2.45) is 10.7 Å². The van der Waals surface area contributed by atoms with Crippen LogP contribution in [0.5, 0.6) is 0 Å². The van der Waals surface area contributed by atoms with E-state index < -0.39 is 0 Å². The van der Waals surface area contributed by atoms with Crippen molar-refractivity contribution in [2.75, 3.05) is 0 Å². The van der Waals surface area contributed by atoms with Crippen molar-refractivity contribution >= 4 is 65.8 Å². The molecule has 0 heterocycles. The molecule has 2 N–H and O–H groups in total. The molecule has 0 aromatic heterocycles. The second-order valence-corrected chi connectivity index (χ2v) is 12.9. The number of rotatable bonds is 6. The summed E-state index contributed by atoms with van der Waals surface area (Å²) in [5, 5.41) is 12.3. The number of aliphatic imine (C=N–C) groups is 1. The van der Waals surface area contributed by atoms with Gasteiger partial charge in [0.05, 0.1) is 11.7 Å². The van der Waals surface area contributed by atoms with Crippen LogP contribution in [0.15, 0.2) is 187 Å². The summed E-state index contributed by atoms with van der Waals surface area (Å²) in [4.78, 5) is 5.18. The SMILES string of the molecule is NC(/C=C(\N=Cc1ccc(-c2c3ccccc3cc3c2ccc2ccccc23)cc1)c1cc2ccccc2c2ccccc12)c1ccccc1. The summed E-state index contributed by atoms with van der Waals surface area (Å²) in [6.07, 6.45) is 4.05. The summed E-state index contributed by atoms with van der Waals surface area (Å²) in [7, 11) is 0. The Hall–Kier alpha value is -6.35. The van der Waals surface area contributed by atoms with E-state index in [-0.39, 0.29) is 6.04 Å². The van der Waals surface area contributed by atoms with E-state index in [4.69, 9.17) is 10.7 Å². The van der Waals surface area contributed by atoms with Crippen LogP contribution in [0.25, 0.3) is 70.7 Å². The Morgan fingerprint density at radius 3 is 1.78 bits per heavy atom. The fourth-order valence-corrected chi connectivity index (χ4v) is 7.42. The number of fused-ring (bicyclic) bond motifs is 7. The standard InChI is InChI=1S/C48H34N2/c49-46(34-13-2-1-3-14-34)30-47(45-29-36-15-5-8-18-39(36)41-20-10-11-21-42(41)45)50-31-32-22-24-35(25-23-32)48-40-19-9-6-16-37(40)28-44-38-17-7-4-12-33(38)26-27-43(44)48/h1-31,46H,49H2/b47-30-,50-31?. The second-order valence-electron chi connectivity index (χ2n) is 12.9. The van der Waals surface area contributed by atoms with Gasteiger partial charge in [0, 0.05) is 11.8 Å². The Morgan fingerprint density at radius 1 is 0.460 bits per heavy atom. The van der Waals surface area contributed by atoms with E-state index in [0.717, 1.165) is 27.8 Å². The zero-order valence-corrected chi connectivity index (χ0v) is 27.5. The van der Waals surface area contributed by atoms with Gasteiger partial charge in [-0.15, -0.1) is 0 Å². The molecule has 0 fully saturated rings. The molecule has 0 spiro atoms. The highest BCUT2D eigenvalue weighted by atomic mass is 14.7. The summed E-state index contributed by atoms with van der Waals surface area (Å²) in [5.41, 5.74) is 13.2. The molecule has 0 aliphatic heterocycles. The summed E-state index contributed by atoms with van der Waals surface area (Å²) in [6, 6.07) is 62.2. The van der Waals surface area contributed by atoms with Crippen molar-refractivity contribution < 1.29 is 0 Å². The highest BCUT2D eigenvalue weighted by molar-refractivity contribution is 6.20. The van der Waals surface area contributed by atoms with Crippen LogP contribution in [0, 0.1) is 0 Å². The first-order valence-electron chi connectivity index (χ1n) is 17.1. The average molecular weight is 639 g/mol. The van der Waals surface area contributed by atoms with E-state index in [9.17, 15) is 0 Å². The molecule has 0 bridgehead atoms. The molecule has 1 unspecified atom stereocenters. The Labute approximate surface area is 291 Å². The van der Waals surface area contributed by atoms with Gasteiger partial charge in [-0.3, -0.25) is 4.99 Å². The number of nitrogens with two attached hydrogens (primary N) is 1. The molecule has 2 nitrogen and oxygen atoms in total. The number of hydrogen-bond donors (Lipinski definition) is 1. The van der Waals surface area contributed by atoms with Crippen molar-refractivity contribution in [1.82, 2.24) is 0 Å². The van der Waals surface area contributed by atoms with Crippen LogP contribution in [0.4, 0.5) is 0 Å². The van der Waals surface area contributed by atoms with Gasteiger partial charge >= 0.3 is 0 Å². The minimum atomic E-state index is -0.313. The van der Waals surface area contributed by atoms with Crippen LogP contribution in [0.2, 0.25) is 0 Å². The molecule has 9 aromatic carbocycles. The number of benzene rings is 9. The Bertz CT molecular complexity index is 2760. The van der Waals surface area contributed by atoms with Crippen LogP contribution in [-0.2, 0) is 0 Å². The highest BCUT2D eigenvalue weighted by Crippen LogP contribution is 2.39. The van der Waals surface area contributed by atoms with Gasteiger partial charge in [-0.1, -0.05) is 164 Å². The van der Waals surface area contributed by atoms with E-state index >= 15 is 0 Å². The third-order valence-electron chi connectivity index (χ3n) is 9.89. The smallest absolute Gasteiger partial charge is 0.0687 e. The molecule has 0 aliphatic rings. The molecule has 0 saturated heterocycles. The minimum Gasteiger partial charge on any atom is -0.321 e. The van der Waals surface area contributed by atoms with Crippen LogP contribution in [0.3, 0.4) is 0 Å². The lowest BCUT2D eigenvalue weighted by Crippen LogP contribution is -2.07. The summed E-state index contributed by atoms with van der Waals surface area (Å²) in [5.74, 6) is 0. The molecular weight excluding hydrogens is 605 g/mol. The van der Waals surface area contributed by atoms with E-state index in [0.29, 0.717) is 0 Å². The molecule has 1 atom stereocenters. The van der Waals surface area contributed by atoms with Gasteiger partial charge in [0.2, 0.25) is 0 Å². The maximum Gasteiger partial charge on any atom is 0.0687 e. The van der Waals surface area contributed by atoms with Crippen molar-refractivity contribution in [3.05, 3.63) is 199 Å². The molecule has 0 aliphatic carbocycles. The van der Waals surface area contributed by atoms with Crippen molar-refractivity contribution in [2.45, 2.75) is 6.04 Å². The predicted molar refractivity (Wildman–Crippen MR) is 215 cm³/mol. The number of hydrogen-bond acceptors (Lipinski definition) is 2. The lowest BCUT2D eigenvalue weighted by molar-refractivity contribution is 0.911. The largest absolute Gasteiger partial charge is 0.321 e. The molecule has 2 heteroatoms. The molecule has 0 saturated carbocycles. The topological polar surface area (TPSA) is 38.4 Å². The maximum atomic E-state index is 6.82. The quantitative estimate of drug-likeness (QED) is 0.110. The highest BCUT2D eigenvalue weighted by Gasteiger charge is 2.14. The third kappa shape index (κ3) is 5.33. The Kier molecular flexibility index (Phi) is 7.50. The van der Waals surface area contributed by atoms with Crippen LogP contribution in [-0.4, -0.2) is 6.21 Å². The monoisotopic (exact) mass is 638 g/mol. The lowest BCUT2D eigenvalue weighted by Gasteiger charge is -2.15. The third-order valence-corrected chi connectivity index (χ3v) is 9.89. The summed E-state index contributed by atoms with van der Waals surface area (Å²) in [6.45, 7) is 0. The van der Waals surface area contributed by atoms with Crippen LogP contribution < -0.4 is 5.73 Å². The van der Waals surface area contributed by atoms with E-state index in [1.807, 2.05) is 24.4 Å². The van der Waals surface area contributed by atoms with Crippen molar-refractivity contribution in [3.63, 3.8) is 0 Å². The summed E-state index contributed by atoms with van der Waals surface area (Å²) < 4.78 is 0. The molecule has 236 valence electrons. The van der Waals surface area contributed by atoms with Gasteiger partial charge < -0.3 is 5.73 Å². The van der Waals surface area contributed by atoms with Gasteiger partial charge in [0.1, 0.15) is 0 Å². The molecule has 50 heavy (non-hydrogen) atoms. The Balaban J connectivity index is 1.16. The molecule has 0 radical (unpaired) electrons. The first-order chi connectivity index (χ1) is 24.7. The zero-order chi connectivity index (χ0) is 33.4. The minimum absolute atomic E-state index is 0.313. The first kappa shape index (κ1) is 29.8.